The zero-order valence-corrected chi connectivity index (χ0v) is 13.3. The van der Waals surface area contributed by atoms with E-state index in [9.17, 15) is 4.79 Å². The van der Waals surface area contributed by atoms with Crippen molar-refractivity contribution in [3.05, 3.63) is 0 Å². The van der Waals surface area contributed by atoms with Gasteiger partial charge in [-0.3, -0.25) is 4.79 Å². The Kier molecular flexibility index (Phi) is 6.80. The molecule has 4 nitrogen and oxygen atoms in total. The van der Waals surface area contributed by atoms with Gasteiger partial charge in [-0.2, -0.15) is 0 Å². The molecular formula is C15H31N3O. The lowest BCUT2D eigenvalue weighted by atomic mass is 9.96. The lowest BCUT2D eigenvalue weighted by Gasteiger charge is -2.35. The van der Waals surface area contributed by atoms with Crippen LogP contribution in [0.5, 0.6) is 0 Å². The SMILES string of the molecule is CC(C)NCC(=O)N1CCC(CN(C)C(C)C)CC1. The zero-order chi connectivity index (χ0) is 14.4. The van der Waals surface area contributed by atoms with Crippen LogP contribution in [-0.4, -0.2) is 61.0 Å². The Hall–Kier alpha value is -0.610. The van der Waals surface area contributed by atoms with Crippen molar-refractivity contribution in [2.75, 3.05) is 33.2 Å². The summed E-state index contributed by atoms with van der Waals surface area (Å²) in [6.45, 7) is 12.1. The van der Waals surface area contributed by atoms with Crippen molar-refractivity contribution in [1.82, 2.24) is 15.1 Å². The van der Waals surface area contributed by atoms with Crippen molar-refractivity contribution in [1.29, 1.82) is 0 Å². The van der Waals surface area contributed by atoms with Crippen LogP contribution >= 0.6 is 0 Å². The first-order chi connectivity index (χ1) is 8.90. The quantitative estimate of drug-likeness (QED) is 0.795. The normalized spacial score (nSPS) is 17.8. The van der Waals surface area contributed by atoms with Crippen LogP contribution in [0.3, 0.4) is 0 Å². The van der Waals surface area contributed by atoms with Crippen LogP contribution in [0.4, 0.5) is 0 Å². The standard InChI is InChI=1S/C15H31N3O/c1-12(2)16-10-15(19)18-8-6-14(7-9-18)11-17(5)13(3)4/h12-14,16H,6-11H2,1-5H3. The second-order valence-corrected chi connectivity index (χ2v) is 6.39. The van der Waals surface area contributed by atoms with Gasteiger partial charge in [0.1, 0.15) is 0 Å². The molecule has 0 aromatic rings. The van der Waals surface area contributed by atoms with E-state index in [0.29, 0.717) is 18.6 Å². The largest absolute Gasteiger partial charge is 0.342 e. The summed E-state index contributed by atoms with van der Waals surface area (Å²) in [4.78, 5) is 16.4. The highest BCUT2D eigenvalue weighted by Gasteiger charge is 2.23. The van der Waals surface area contributed by atoms with E-state index < -0.39 is 0 Å². The number of carbonyl (C=O) groups is 1. The second-order valence-electron chi connectivity index (χ2n) is 6.39. The number of amides is 1. The lowest BCUT2D eigenvalue weighted by Crippen LogP contribution is -2.45. The van der Waals surface area contributed by atoms with E-state index >= 15 is 0 Å². The molecular weight excluding hydrogens is 238 g/mol. The van der Waals surface area contributed by atoms with E-state index in [1.165, 1.54) is 0 Å². The smallest absolute Gasteiger partial charge is 0.236 e. The third-order valence-electron chi connectivity index (χ3n) is 4.06. The molecule has 0 aromatic carbocycles. The Bertz CT molecular complexity index is 271. The summed E-state index contributed by atoms with van der Waals surface area (Å²) in [5.41, 5.74) is 0. The predicted octanol–water partition coefficient (Wildman–Crippen LogP) is 1.56. The van der Waals surface area contributed by atoms with Gasteiger partial charge in [-0.15, -0.1) is 0 Å². The summed E-state index contributed by atoms with van der Waals surface area (Å²) in [5, 5.41) is 3.20. The average molecular weight is 269 g/mol. The maximum Gasteiger partial charge on any atom is 0.236 e. The van der Waals surface area contributed by atoms with E-state index in [0.717, 1.165) is 38.4 Å². The molecule has 0 bridgehead atoms. The summed E-state index contributed by atoms with van der Waals surface area (Å²) in [6, 6.07) is 0.982. The molecule has 0 aliphatic carbocycles. The zero-order valence-electron chi connectivity index (χ0n) is 13.3. The Morgan fingerprint density at radius 2 is 1.84 bits per heavy atom. The van der Waals surface area contributed by atoms with Crippen LogP contribution in [0.15, 0.2) is 0 Å². The van der Waals surface area contributed by atoms with Crippen molar-refractivity contribution in [3.8, 4) is 0 Å². The van der Waals surface area contributed by atoms with E-state index in [-0.39, 0.29) is 5.91 Å². The molecule has 1 aliphatic heterocycles. The summed E-state index contributed by atoms with van der Waals surface area (Å²) in [6.07, 6.45) is 2.29. The number of nitrogens with zero attached hydrogens (tertiary/aromatic N) is 2. The molecule has 19 heavy (non-hydrogen) atoms. The summed E-state index contributed by atoms with van der Waals surface area (Å²) < 4.78 is 0. The minimum atomic E-state index is 0.254. The predicted molar refractivity (Wildman–Crippen MR) is 80.2 cm³/mol. The van der Waals surface area contributed by atoms with Crippen LogP contribution in [-0.2, 0) is 4.79 Å². The third-order valence-corrected chi connectivity index (χ3v) is 4.06. The number of piperidine rings is 1. The lowest BCUT2D eigenvalue weighted by molar-refractivity contribution is -0.131. The number of likely N-dealkylation sites (tertiary alicyclic amines) is 1. The molecule has 0 radical (unpaired) electrons. The highest BCUT2D eigenvalue weighted by Crippen LogP contribution is 2.18. The number of hydrogen-bond acceptors (Lipinski definition) is 3. The summed E-state index contributed by atoms with van der Waals surface area (Å²) in [7, 11) is 2.19. The maximum atomic E-state index is 12.0. The van der Waals surface area contributed by atoms with Gasteiger partial charge in [0.15, 0.2) is 0 Å². The molecule has 0 unspecified atom stereocenters. The first kappa shape index (κ1) is 16.4. The maximum absolute atomic E-state index is 12.0. The monoisotopic (exact) mass is 269 g/mol. The number of hydrogen-bond donors (Lipinski definition) is 1. The molecule has 1 N–H and O–H groups in total. The molecule has 0 spiro atoms. The molecule has 1 rings (SSSR count). The highest BCUT2D eigenvalue weighted by molar-refractivity contribution is 5.78. The van der Waals surface area contributed by atoms with Gasteiger partial charge in [-0.25, -0.2) is 0 Å². The first-order valence-electron chi connectivity index (χ1n) is 7.61. The van der Waals surface area contributed by atoms with Crippen LogP contribution in [0.2, 0.25) is 0 Å². The van der Waals surface area contributed by atoms with Gasteiger partial charge in [0.25, 0.3) is 0 Å². The van der Waals surface area contributed by atoms with Gasteiger partial charge in [-0.1, -0.05) is 13.8 Å². The van der Waals surface area contributed by atoms with E-state index in [1.54, 1.807) is 0 Å². The molecule has 1 amide bonds. The number of rotatable bonds is 6. The molecule has 0 atom stereocenters. The Labute approximate surface area is 118 Å². The van der Waals surface area contributed by atoms with Crippen molar-refractivity contribution in [2.24, 2.45) is 5.92 Å². The van der Waals surface area contributed by atoms with Gasteiger partial charge in [-0.05, 0) is 39.7 Å². The minimum absolute atomic E-state index is 0.254. The van der Waals surface area contributed by atoms with Crippen molar-refractivity contribution < 1.29 is 4.79 Å². The van der Waals surface area contributed by atoms with Crippen LogP contribution < -0.4 is 5.32 Å². The van der Waals surface area contributed by atoms with Crippen molar-refractivity contribution in [3.63, 3.8) is 0 Å². The van der Waals surface area contributed by atoms with Crippen molar-refractivity contribution >= 4 is 5.91 Å². The van der Waals surface area contributed by atoms with Gasteiger partial charge in [0.2, 0.25) is 5.91 Å². The molecule has 1 heterocycles. The first-order valence-corrected chi connectivity index (χ1v) is 7.61. The van der Waals surface area contributed by atoms with E-state index in [4.69, 9.17) is 0 Å². The molecule has 0 saturated carbocycles. The van der Waals surface area contributed by atoms with E-state index in [2.05, 4.69) is 45.0 Å². The van der Waals surface area contributed by atoms with Crippen LogP contribution in [0.25, 0.3) is 0 Å². The second kappa shape index (κ2) is 7.85. The number of carbonyl (C=O) groups excluding carboxylic acids is 1. The molecule has 4 heteroatoms. The Morgan fingerprint density at radius 1 is 1.26 bits per heavy atom. The van der Waals surface area contributed by atoms with Gasteiger partial charge >= 0.3 is 0 Å². The average Bonchev–Trinajstić information content (AvgIpc) is 2.36. The Morgan fingerprint density at radius 3 is 2.32 bits per heavy atom. The van der Waals surface area contributed by atoms with Gasteiger partial charge < -0.3 is 15.1 Å². The van der Waals surface area contributed by atoms with Gasteiger partial charge in [0.05, 0.1) is 6.54 Å². The Balaban J connectivity index is 2.26. The fraction of sp³-hybridized carbons (Fsp3) is 0.933. The highest BCUT2D eigenvalue weighted by atomic mass is 16.2. The van der Waals surface area contributed by atoms with Crippen LogP contribution in [0.1, 0.15) is 40.5 Å². The van der Waals surface area contributed by atoms with Crippen LogP contribution in [0, 0.1) is 5.92 Å². The molecule has 1 aliphatic rings. The molecule has 1 saturated heterocycles. The summed E-state index contributed by atoms with van der Waals surface area (Å²) >= 11 is 0. The topological polar surface area (TPSA) is 35.6 Å². The fourth-order valence-electron chi connectivity index (χ4n) is 2.39. The number of nitrogens with one attached hydrogen (secondary N) is 1. The van der Waals surface area contributed by atoms with Gasteiger partial charge in [0, 0.05) is 31.7 Å². The third kappa shape index (κ3) is 5.91. The fourth-order valence-corrected chi connectivity index (χ4v) is 2.39. The molecule has 112 valence electrons. The molecule has 1 fully saturated rings. The molecule has 0 aromatic heterocycles. The van der Waals surface area contributed by atoms with Crippen molar-refractivity contribution in [2.45, 2.75) is 52.6 Å². The minimum Gasteiger partial charge on any atom is -0.342 e. The summed E-state index contributed by atoms with van der Waals surface area (Å²) in [5.74, 6) is 0.999. The van der Waals surface area contributed by atoms with E-state index in [1.807, 2.05) is 4.90 Å².